The van der Waals surface area contributed by atoms with E-state index in [1.807, 2.05) is 58.1 Å². The predicted octanol–water partition coefficient (Wildman–Crippen LogP) is 5.32. The van der Waals surface area contributed by atoms with Crippen LogP contribution in [0.4, 0.5) is 0 Å². The van der Waals surface area contributed by atoms with Gasteiger partial charge in [-0.15, -0.1) is 0 Å². The Morgan fingerprint density at radius 2 is 1.88 bits per heavy atom. The second-order valence-electron chi connectivity index (χ2n) is 8.42. The molecule has 2 atom stereocenters. The maximum absolute atomic E-state index is 12.3. The molecule has 0 saturated carbocycles. The topological polar surface area (TPSA) is 55.7 Å². The van der Waals surface area contributed by atoms with Gasteiger partial charge in [0.15, 0.2) is 8.32 Å². The fourth-order valence-corrected chi connectivity index (χ4v) is 3.57. The van der Waals surface area contributed by atoms with Crippen LogP contribution in [0.3, 0.4) is 0 Å². The molecule has 0 aliphatic carbocycles. The third-order valence-electron chi connectivity index (χ3n) is 4.52. The van der Waals surface area contributed by atoms with Gasteiger partial charge in [0, 0.05) is 10.9 Å². The lowest BCUT2D eigenvalue weighted by atomic mass is 9.90. The first-order valence-electron chi connectivity index (χ1n) is 8.18. The van der Waals surface area contributed by atoms with Crippen molar-refractivity contribution in [2.45, 2.75) is 69.8 Å². The molecule has 0 aliphatic heterocycles. The average Bonchev–Trinajstić information content (AvgIpc) is 2.40. The fourth-order valence-electron chi connectivity index (χ4n) is 2.08. The highest BCUT2D eigenvalue weighted by Gasteiger charge is 2.40. The second kappa shape index (κ2) is 7.91. The fraction of sp³-hybridized carbons (Fsp3) is 0.611. The van der Waals surface area contributed by atoms with Crippen LogP contribution in [0.2, 0.25) is 23.2 Å². The number of benzene rings is 1. The lowest BCUT2D eigenvalue weighted by Crippen LogP contribution is -2.40. The lowest BCUT2D eigenvalue weighted by Gasteiger charge is -2.37. The van der Waals surface area contributed by atoms with Crippen molar-refractivity contribution in [3.05, 3.63) is 34.9 Å². The van der Waals surface area contributed by atoms with E-state index in [1.165, 1.54) is 0 Å². The Kier molecular flexibility index (Phi) is 7.16. The van der Waals surface area contributed by atoms with Crippen molar-refractivity contribution in [3.8, 4) is 0 Å². The van der Waals surface area contributed by atoms with Gasteiger partial charge in [-0.3, -0.25) is 0 Å². The molecule has 0 fully saturated rings. The monoisotopic (exact) mass is 387 g/mol. The summed E-state index contributed by atoms with van der Waals surface area (Å²) in [5.41, 5.74) is 1.03. The number of nitrogens with zero attached hydrogens (tertiary/aromatic N) is 1. The summed E-state index contributed by atoms with van der Waals surface area (Å²) in [5, 5.41) is 0.455. The summed E-state index contributed by atoms with van der Waals surface area (Å²) in [5.74, 6) is -0.0380. The molecule has 0 saturated heterocycles. The van der Waals surface area contributed by atoms with Crippen LogP contribution in [0.15, 0.2) is 28.7 Å². The summed E-state index contributed by atoms with van der Waals surface area (Å²) in [6.45, 7) is 13.8. The van der Waals surface area contributed by atoms with E-state index in [0.29, 0.717) is 5.02 Å². The first kappa shape index (κ1) is 21.7. The quantitative estimate of drug-likeness (QED) is 0.407. The Bertz CT molecular complexity index is 579. The van der Waals surface area contributed by atoms with Crippen molar-refractivity contribution in [2.24, 2.45) is 4.40 Å². The van der Waals surface area contributed by atoms with Gasteiger partial charge >= 0.3 is 0 Å². The van der Waals surface area contributed by atoms with Crippen LogP contribution in [0.1, 0.15) is 52.5 Å². The Balaban J connectivity index is 3.16. The maximum Gasteiger partial charge on any atom is 0.188 e. The van der Waals surface area contributed by atoms with Gasteiger partial charge in [-0.05, 0) is 63.0 Å². The summed E-state index contributed by atoms with van der Waals surface area (Å²) in [6, 6.07) is 7.67. The van der Waals surface area contributed by atoms with E-state index >= 15 is 0 Å². The van der Waals surface area contributed by atoms with E-state index in [9.17, 15) is 9.35 Å². The largest absolute Gasteiger partial charge is 0.591 e. The number of rotatable bonds is 6. The van der Waals surface area contributed by atoms with Gasteiger partial charge in [-0.1, -0.05) is 42.0 Å². The molecule has 0 spiro atoms. The molecule has 0 aromatic heterocycles. The van der Waals surface area contributed by atoms with Crippen molar-refractivity contribution < 1.29 is 9.35 Å². The van der Waals surface area contributed by atoms with E-state index < -0.39 is 24.4 Å². The molecule has 0 aliphatic rings. The Hall–Kier alpha value is -0.333. The molecular formula is C18H30ClNO2SSi. The molecule has 1 N–H and O–H groups in total. The first-order chi connectivity index (χ1) is 10.7. The highest BCUT2D eigenvalue weighted by Crippen LogP contribution is 2.44. The number of hydrogen-bond donors (Lipinski definition) is 1. The molecule has 0 radical (unpaired) electrons. The van der Waals surface area contributed by atoms with Crippen molar-refractivity contribution in [1.82, 2.24) is 0 Å². The number of hydrogen-bond acceptors (Lipinski definition) is 3. The molecule has 136 valence electrons. The van der Waals surface area contributed by atoms with Gasteiger partial charge in [-0.2, -0.15) is 0 Å². The molecular weight excluding hydrogens is 358 g/mol. The minimum atomic E-state index is -2.36. The summed E-state index contributed by atoms with van der Waals surface area (Å²) >= 11 is 4.84. The summed E-state index contributed by atoms with van der Waals surface area (Å²) in [4.78, 5) is 10.6. The molecule has 0 heterocycles. The van der Waals surface area contributed by atoms with Crippen LogP contribution in [-0.2, 0) is 11.4 Å². The number of halogens is 1. The Labute approximate surface area is 156 Å². The van der Waals surface area contributed by atoms with Crippen LogP contribution < -0.4 is 0 Å². The highest BCUT2D eigenvalue weighted by molar-refractivity contribution is 7.91. The summed E-state index contributed by atoms with van der Waals surface area (Å²) < 4.78 is 16.2. The SMILES string of the molecule is CC(C)(C)[S@@+]([O-])/N=C/[C@H](CC(C)(C)[Si](C)(C)O)c1cccc(Cl)c1. The zero-order chi connectivity index (χ0) is 18.8. The van der Waals surface area contributed by atoms with Gasteiger partial charge in [0.25, 0.3) is 0 Å². The average molecular weight is 388 g/mol. The minimum absolute atomic E-state index is 0.0380. The molecule has 6 heteroatoms. The lowest BCUT2D eigenvalue weighted by molar-refractivity contribution is 0.445. The summed E-state index contributed by atoms with van der Waals surface area (Å²) in [6.07, 6.45) is 2.50. The predicted molar refractivity (Wildman–Crippen MR) is 109 cm³/mol. The zero-order valence-electron chi connectivity index (χ0n) is 15.8. The van der Waals surface area contributed by atoms with E-state index in [0.717, 1.165) is 12.0 Å². The first-order valence-corrected chi connectivity index (χ1v) is 12.6. The summed E-state index contributed by atoms with van der Waals surface area (Å²) in [7, 11) is -2.36. The minimum Gasteiger partial charge on any atom is -0.591 e. The smallest absolute Gasteiger partial charge is 0.188 e. The van der Waals surface area contributed by atoms with Gasteiger partial charge in [0.05, 0.1) is 6.21 Å². The van der Waals surface area contributed by atoms with Gasteiger partial charge in [-0.25, -0.2) is 0 Å². The normalized spacial score (nSPS) is 16.4. The zero-order valence-corrected chi connectivity index (χ0v) is 18.3. The van der Waals surface area contributed by atoms with E-state index in [2.05, 4.69) is 18.2 Å². The van der Waals surface area contributed by atoms with Crippen molar-refractivity contribution in [1.29, 1.82) is 0 Å². The van der Waals surface area contributed by atoms with Crippen LogP contribution >= 0.6 is 11.6 Å². The van der Waals surface area contributed by atoms with E-state index in [-0.39, 0.29) is 11.0 Å². The molecule has 1 aromatic carbocycles. The Morgan fingerprint density at radius 3 is 2.33 bits per heavy atom. The third-order valence-corrected chi connectivity index (χ3v) is 9.64. The van der Waals surface area contributed by atoms with Gasteiger partial charge in [0.2, 0.25) is 0 Å². The highest BCUT2D eigenvalue weighted by atomic mass is 35.5. The molecule has 0 amide bonds. The van der Waals surface area contributed by atoms with Crippen molar-refractivity contribution in [3.63, 3.8) is 0 Å². The third kappa shape index (κ3) is 6.19. The second-order valence-corrected chi connectivity index (χ2v) is 15.3. The molecule has 3 nitrogen and oxygen atoms in total. The van der Waals surface area contributed by atoms with E-state index in [4.69, 9.17) is 11.6 Å². The Morgan fingerprint density at radius 1 is 1.29 bits per heavy atom. The van der Waals surface area contributed by atoms with E-state index in [1.54, 1.807) is 6.21 Å². The van der Waals surface area contributed by atoms with Crippen LogP contribution in [0, 0.1) is 0 Å². The molecule has 1 aromatic rings. The van der Waals surface area contributed by atoms with Gasteiger partial charge in [0.1, 0.15) is 16.1 Å². The standard InChI is InChI=1S/C18H30ClNO2SSi/c1-17(2,3)23(21)20-13-15(12-18(4,5)24(6,7)22)14-9-8-10-16(19)11-14/h8-11,13,15,22H,12H2,1-7H3/b20-13+/t15-,23+/m0/s1. The molecule has 0 unspecified atom stereocenters. The van der Waals surface area contributed by atoms with Crippen LogP contribution in [0.25, 0.3) is 0 Å². The van der Waals surface area contributed by atoms with Crippen LogP contribution in [-0.4, -0.2) is 28.6 Å². The van der Waals surface area contributed by atoms with Crippen LogP contribution in [0.5, 0.6) is 0 Å². The maximum atomic E-state index is 12.3. The molecule has 24 heavy (non-hydrogen) atoms. The van der Waals surface area contributed by atoms with Gasteiger partial charge < -0.3 is 9.35 Å². The molecule has 1 rings (SSSR count). The molecule has 0 bridgehead atoms. The van der Waals surface area contributed by atoms with Crippen molar-refractivity contribution in [2.75, 3.05) is 0 Å². The van der Waals surface area contributed by atoms with Crippen molar-refractivity contribution >= 4 is 37.5 Å².